The summed E-state index contributed by atoms with van der Waals surface area (Å²) >= 11 is 6.37. The van der Waals surface area contributed by atoms with E-state index < -0.39 is 23.8 Å². The highest BCUT2D eigenvalue weighted by molar-refractivity contribution is 6.32. The number of nitriles is 1. The van der Waals surface area contributed by atoms with Crippen molar-refractivity contribution in [1.82, 2.24) is 30.0 Å². The van der Waals surface area contributed by atoms with E-state index in [9.17, 15) is 24.4 Å². The van der Waals surface area contributed by atoms with Crippen molar-refractivity contribution in [1.29, 1.82) is 5.26 Å². The van der Waals surface area contributed by atoms with E-state index in [4.69, 9.17) is 21.6 Å². The Balaban J connectivity index is 0.724. The molecule has 0 bridgehead atoms. The SMILES string of the molecule is C[C@H]1CC2(CCN(c3ncc(CN4CC(N5CCN(c6ccc7c(c6)C(=O)N(C6CCC(=O)NC6=O)C7=O)CC5)C4)cn3)CC2)CN1c1ccc(C#N)c(Cl)c1. The van der Waals surface area contributed by atoms with E-state index in [-0.39, 0.29) is 24.2 Å². The average molecular weight is 777 g/mol. The van der Waals surface area contributed by atoms with Crippen molar-refractivity contribution >= 4 is 52.6 Å². The fraction of sp³-hybridized carbons (Fsp3) is 0.488. The van der Waals surface area contributed by atoms with E-state index in [1.54, 1.807) is 12.1 Å². The first kappa shape index (κ1) is 36.5. The van der Waals surface area contributed by atoms with Crippen molar-refractivity contribution in [2.24, 2.45) is 5.41 Å². The van der Waals surface area contributed by atoms with Crippen LogP contribution in [0.3, 0.4) is 0 Å². The van der Waals surface area contributed by atoms with E-state index >= 15 is 0 Å². The van der Waals surface area contributed by atoms with Crippen LogP contribution in [-0.2, 0) is 16.1 Å². The second-order valence-corrected chi connectivity index (χ2v) is 16.8. The number of benzene rings is 2. The van der Waals surface area contributed by atoms with Gasteiger partial charge in [0.05, 0.1) is 21.7 Å². The van der Waals surface area contributed by atoms with E-state index in [0.717, 1.165) is 112 Å². The van der Waals surface area contributed by atoms with Crippen molar-refractivity contribution in [2.45, 2.75) is 63.7 Å². The van der Waals surface area contributed by atoms with Crippen molar-refractivity contribution < 1.29 is 19.2 Å². The summed E-state index contributed by atoms with van der Waals surface area (Å²) < 4.78 is 0. The second-order valence-electron chi connectivity index (χ2n) is 16.4. The lowest BCUT2D eigenvalue weighted by Crippen LogP contribution is -2.62. The van der Waals surface area contributed by atoms with Crippen LogP contribution in [0.4, 0.5) is 17.3 Å². The Kier molecular flexibility index (Phi) is 9.42. The summed E-state index contributed by atoms with van der Waals surface area (Å²) in [6, 6.07) is 13.2. The van der Waals surface area contributed by atoms with E-state index in [0.29, 0.717) is 33.8 Å². The largest absolute Gasteiger partial charge is 0.369 e. The number of amides is 4. The topological polar surface area (TPSA) is 149 Å². The Hall–Kier alpha value is -5.10. The molecule has 290 valence electrons. The fourth-order valence-corrected chi connectivity index (χ4v) is 9.95. The lowest BCUT2D eigenvalue weighted by Gasteiger charge is -2.48. The number of nitrogens with zero attached hydrogens (tertiary/aromatic N) is 9. The van der Waals surface area contributed by atoms with Crippen LogP contribution in [0, 0.1) is 16.7 Å². The van der Waals surface area contributed by atoms with Gasteiger partial charge in [-0.1, -0.05) is 11.6 Å². The molecule has 1 N–H and O–H groups in total. The summed E-state index contributed by atoms with van der Waals surface area (Å²) in [5.41, 5.74) is 4.48. The van der Waals surface area contributed by atoms with Crippen molar-refractivity contribution in [2.75, 3.05) is 73.6 Å². The van der Waals surface area contributed by atoms with Crippen LogP contribution in [0.5, 0.6) is 0 Å². The molecule has 2 atom stereocenters. The van der Waals surface area contributed by atoms with Gasteiger partial charge in [0.1, 0.15) is 12.1 Å². The van der Waals surface area contributed by atoms with Crippen LogP contribution in [0.15, 0.2) is 48.8 Å². The van der Waals surface area contributed by atoms with Crippen molar-refractivity contribution in [3.8, 4) is 6.07 Å². The first-order chi connectivity index (χ1) is 27.1. The number of aromatic nitrogens is 2. The van der Waals surface area contributed by atoms with Crippen LogP contribution >= 0.6 is 11.6 Å². The molecule has 6 aliphatic rings. The third-order valence-corrected chi connectivity index (χ3v) is 13.2. The first-order valence-electron chi connectivity index (χ1n) is 19.7. The lowest BCUT2D eigenvalue weighted by atomic mass is 9.77. The van der Waals surface area contributed by atoms with Crippen LogP contribution in [0.25, 0.3) is 0 Å². The number of rotatable bonds is 7. The third-order valence-electron chi connectivity index (χ3n) is 12.9. The number of hydrogen-bond donors (Lipinski definition) is 1. The molecule has 0 aliphatic carbocycles. The molecule has 6 aliphatic heterocycles. The summed E-state index contributed by atoms with van der Waals surface area (Å²) in [5, 5.41) is 12.0. The highest BCUT2D eigenvalue weighted by Crippen LogP contribution is 2.45. The number of piperidine rings is 2. The predicted molar refractivity (Wildman–Crippen MR) is 209 cm³/mol. The van der Waals surface area contributed by atoms with Gasteiger partial charge in [-0.15, -0.1) is 0 Å². The zero-order chi connectivity index (χ0) is 38.7. The number of nitrogens with one attached hydrogen (secondary N) is 1. The molecule has 0 radical (unpaired) electrons. The summed E-state index contributed by atoms with van der Waals surface area (Å²) in [7, 11) is 0. The minimum atomic E-state index is -0.965. The molecule has 56 heavy (non-hydrogen) atoms. The molecule has 15 heteroatoms. The van der Waals surface area contributed by atoms with Crippen LogP contribution in [-0.4, -0.2) is 125 Å². The number of imide groups is 2. The van der Waals surface area contributed by atoms with E-state index in [2.05, 4.69) is 42.8 Å². The van der Waals surface area contributed by atoms with Crippen LogP contribution in [0.2, 0.25) is 5.02 Å². The van der Waals surface area contributed by atoms with Gasteiger partial charge >= 0.3 is 0 Å². The third kappa shape index (κ3) is 6.65. The Bertz CT molecular complexity index is 2120. The molecule has 3 aromatic rings. The van der Waals surface area contributed by atoms with Gasteiger partial charge in [0, 0.05) is 113 Å². The molecule has 5 saturated heterocycles. The molecule has 7 heterocycles. The number of carbonyl (C=O) groups is 4. The molecule has 2 aromatic carbocycles. The van der Waals surface area contributed by atoms with Gasteiger partial charge in [-0.3, -0.25) is 39.2 Å². The molecule has 9 rings (SSSR count). The minimum Gasteiger partial charge on any atom is -0.369 e. The molecule has 1 spiro atoms. The second kappa shape index (κ2) is 14.4. The summed E-state index contributed by atoms with van der Waals surface area (Å²) in [6.07, 6.45) is 7.51. The fourth-order valence-electron chi connectivity index (χ4n) is 9.74. The molecular weight excluding hydrogens is 732 g/mol. The maximum absolute atomic E-state index is 13.3. The van der Waals surface area contributed by atoms with Crippen molar-refractivity contribution in [3.05, 3.63) is 76.1 Å². The number of carbonyl (C=O) groups excluding carboxylic acids is 4. The lowest BCUT2D eigenvalue weighted by molar-refractivity contribution is -0.136. The van der Waals surface area contributed by atoms with Gasteiger partial charge in [0.25, 0.3) is 11.8 Å². The molecule has 1 aromatic heterocycles. The number of piperazine rings is 1. The number of likely N-dealkylation sites (tertiary alicyclic amines) is 1. The first-order valence-corrected chi connectivity index (χ1v) is 20.0. The molecule has 1 unspecified atom stereocenters. The minimum absolute atomic E-state index is 0.0980. The zero-order valence-electron chi connectivity index (χ0n) is 31.5. The highest BCUT2D eigenvalue weighted by Gasteiger charge is 2.46. The highest BCUT2D eigenvalue weighted by atomic mass is 35.5. The predicted octanol–water partition coefficient (Wildman–Crippen LogP) is 3.29. The Labute approximate surface area is 331 Å². The van der Waals surface area contributed by atoms with Crippen LogP contribution < -0.4 is 20.0 Å². The van der Waals surface area contributed by atoms with Crippen LogP contribution in [0.1, 0.15) is 70.9 Å². The van der Waals surface area contributed by atoms with E-state index in [1.807, 2.05) is 36.7 Å². The van der Waals surface area contributed by atoms with Gasteiger partial charge in [-0.2, -0.15) is 5.26 Å². The molecule has 4 amide bonds. The Morgan fingerprint density at radius 2 is 1.61 bits per heavy atom. The quantitative estimate of drug-likeness (QED) is 0.351. The summed E-state index contributed by atoms with van der Waals surface area (Å²) in [4.78, 5) is 73.0. The number of anilines is 3. The summed E-state index contributed by atoms with van der Waals surface area (Å²) in [6.45, 7) is 11.4. The summed E-state index contributed by atoms with van der Waals surface area (Å²) in [5.74, 6) is -1.15. The number of fused-ring (bicyclic) bond motifs is 1. The Morgan fingerprint density at radius 3 is 2.30 bits per heavy atom. The standard InChI is InChI=1S/C41H45ClN10O4/c1-26-18-41(25-51(26)30-3-2-28(19-43)34(42)17-30)8-10-50(11-9-41)40-44-20-27(21-45-40)22-47-23-31(24-47)49-14-12-48(13-15-49)29-4-5-32-33(16-29)39(56)52(38(32)55)35-6-7-36(53)46-37(35)54/h2-5,16-17,20-21,26,31,35H,6-15,18,22-25H2,1H3,(H,46,53,54)/t26-,35?/m0/s1. The van der Waals surface area contributed by atoms with E-state index in [1.165, 1.54) is 0 Å². The Morgan fingerprint density at radius 1 is 0.893 bits per heavy atom. The van der Waals surface area contributed by atoms with Gasteiger partial charge in [0.2, 0.25) is 17.8 Å². The maximum atomic E-state index is 13.3. The molecule has 0 saturated carbocycles. The molecule has 5 fully saturated rings. The number of hydrogen-bond acceptors (Lipinski definition) is 12. The zero-order valence-corrected chi connectivity index (χ0v) is 32.2. The monoisotopic (exact) mass is 776 g/mol. The smallest absolute Gasteiger partial charge is 0.262 e. The normalized spacial score (nSPS) is 24.4. The van der Waals surface area contributed by atoms with Gasteiger partial charge in [-0.25, -0.2) is 9.97 Å². The van der Waals surface area contributed by atoms with Gasteiger partial charge < -0.3 is 14.7 Å². The molecule has 14 nitrogen and oxygen atoms in total. The van der Waals surface area contributed by atoms with Gasteiger partial charge in [-0.05, 0) is 74.4 Å². The maximum Gasteiger partial charge on any atom is 0.262 e. The van der Waals surface area contributed by atoms with Gasteiger partial charge in [0.15, 0.2) is 0 Å². The number of halogens is 1. The molecular formula is C41H45ClN10O4. The average Bonchev–Trinajstić information content (AvgIpc) is 3.64. The van der Waals surface area contributed by atoms with Crippen molar-refractivity contribution in [3.63, 3.8) is 0 Å².